The Morgan fingerprint density at radius 1 is 1.27 bits per heavy atom. The first-order chi connectivity index (χ1) is 12.3. The Balaban J connectivity index is 1.86. The SMILES string of the molecule is CC(C)(C)C(=O)C=c1[nH]c(=O)c(=Cc2cnn(Cc3ccccc3)c2)s1. The summed E-state index contributed by atoms with van der Waals surface area (Å²) in [5, 5.41) is 4.34. The molecular weight excluding hydrogens is 346 g/mol. The summed E-state index contributed by atoms with van der Waals surface area (Å²) in [6.07, 6.45) is 6.92. The molecule has 0 saturated heterocycles. The van der Waals surface area contributed by atoms with Gasteiger partial charge in [0.05, 0.1) is 21.9 Å². The number of aromatic amines is 1. The number of carbonyl (C=O) groups excluding carboxylic acids is 1. The minimum absolute atomic E-state index is 0.0165. The Labute approximate surface area is 155 Å². The number of aromatic nitrogens is 3. The molecule has 26 heavy (non-hydrogen) atoms. The molecule has 0 fully saturated rings. The van der Waals surface area contributed by atoms with E-state index in [0.717, 1.165) is 11.1 Å². The third-order valence-electron chi connectivity index (χ3n) is 3.82. The summed E-state index contributed by atoms with van der Waals surface area (Å²) in [7, 11) is 0. The lowest BCUT2D eigenvalue weighted by Gasteiger charge is -2.12. The van der Waals surface area contributed by atoms with Gasteiger partial charge in [0.1, 0.15) is 0 Å². The van der Waals surface area contributed by atoms with Crippen molar-refractivity contribution in [3.05, 3.63) is 73.4 Å². The highest BCUT2D eigenvalue weighted by atomic mass is 32.1. The van der Waals surface area contributed by atoms with E-state index in [4.69, 9.17) is 0 Å². The van der Waals surface area contributed by atoms with Crippen molar-refractivity contribution in [2.45, 2.75) is 27.3 Å². The molecule has 0 aliphatic carbocycles. The third-order valence-corrected chi connectivity index (χ3v) is 4.78. The van der Waals surface area contributed by atoms with Crippen LogP contribution in [0, 0.1) is 5.41 Å². The van der Waals surface area contributed by atoms with Crippen LogP contribution in [0.1, 0.15) is 31.9 Å². The highest BCUT2D eigenvalue weighted by Crippen LogP contribution is 2.14. The summed E-state index contributed by atoms with van der Waals surface area (Å²) < 4.78 is 2.95. The molecule has 6 heteroatoms. The van der Waals surface area contributed by atoms with Crippen molar-refractivity contribution < 1.29 is 4.79 Å². The molecular formula is C20H21N3O2S. The topological polar surface area (TPSA) is 67.8 Å². The average molecular weight is 367 g/mol. The smallest absolute Gasteiger partial charge is 0.266 e. The second-order valence-electron chi connectivity index (χ2n) is 7.14. The summed E-state index contributed by atoms with van der Waals surface area (Å²) >= 11 is 1.27. The fraction of sp³-hybridized carbons (Fsp3) is 0.250. The molecule has 3 aromatic rings. The van der Waals surface area contributed by atoms with E-state index in [1.54, 1.807) is 12.3 Å². The van der Waals surface area contributed by atoms with Crippen LogP contribution in [0.15, 0.2) is 47.5 Å². The zero-order valence-electron chi connectivity index (χ0n) is 15.0. The number of H-pyrrole nitrogens is 1. The molecule has 134 valence electrons. The van der Waals surface area contributed by atoms with Crippen molar-refractivity contribution in [1.29, 1.82) is 0 Å². The van der Waals surface area contributed by atoms with Crippen LogP contribution in [0.5, 0.6) is 0 Å². The standard InChI is InChI=1S/C20H21N3O2S/c1-20(2,3)17(24)10-18-22-19(25)16(26-18)9-15-11-21-23(13-15)12-14-7-5-4-6-8-14/h4-11,13H,12H2,1-3H3,(H,22,25). The maximum Gasteiger partial charge on any atom is 0.266 e. The van der Waals surface area contributed by atoms with E-state index in [2.05, 4.69) is 10.1 Å². The Hall–Kier alpha value is -2.73. The van der Waals surface area contributed by atoms with Crippen LogP contribution in [-0.4, -0.2) is 20.5 Å². The van der Waals surface area contributed by atoms with Crippen molar-refractivity contribution in [2.24, 2.45) is 5.41 Å². The molecule has 0 aliphatic rings. The van der Waals surface area contributed by atoms with Crippen LogP contribution in [-0.2, 0) is 11.3 Å². The maximum absolute atomic E-state index is 12.1. The van der Waals surface area contributed by atoms with E-state index < -0.39 is 5.41 Å². The van der Waals surface area contributed by atoms with E-state index >= 15 is 0 Å². The summed E-state index contributed by atoms with van der Waals surface area (Å²) in [6, 6.07) is 10.1. The Bertz CT molecular complexity index is 1080. The predicted molar refractivity (Wildman–Crippen MR) is 104 cm³/mol. The van der Waals surface area contributed by atoms with Crippen LogP contribution in [0.3, 0.4) is 0 Å². The predicted octanol–water partition coefficient (Wildman–Crippen LogP) is 1.91. The minimum Gasteiger partial charge on any atom is -0.313 e. The van der Waals surface area contributed by atoms with Gasteiger partial charge >= 0.3 is 0 Å². The van der Waals surface area contributed by atoms with Gasteiger partial charge in [-0.3, -0.25) is 14.3 Å². The van der Waals surface area contributed by atoms with E-state index in [9.17, 15) is 9.59 Å². The largest absolute Gasteiger partial charge is 0.313 e. The normalized spacial score (nSPS) is 13.3. The van der Waals surface area contributed by atoms with Gasteiger partial charge in [-0.05, 0) is 11.6 Å². The zero-order valence-corrected chi connectivity index (χ0v) is 15.8. The van der Waals surface area contributed by atoms with Crippen molar-refractivity contribution >= 4 is 29.3 Å². The molecule has 1 aromatic carbocycles. The lowest BCUT2D eigenvalue weighted by Crippen LogP contribution is -2.22. The molecule has 0 aliphatic heterocycles. The van der Waals surface area contributed by atoms with Crippen LogP contribution < -0.4 is 14.8 Å². The fourth-order valence-electron chi connectivity index (χ4n) is 2.32. The number of ketones is 1. The van der Waals surface area contributed by atoms with Gasteiger partial charge in [0, 0.05) is 23.3 Å². The number of carbonyl (C=O) groups is 1. The number of nitrogens with one attached hydrogen (secondary N) is 1. The molecule has 2 aromatic heterocycles. The van der Waals surface area contributed by atoms with Crippen LogP contribution in [0.4, 0.5) is 0 Å². The number of thiazole rings is 1. The summed E-state index contributed by atoms with van der Waals surface area (Å²) in [5.74, 6) is -0.0165. The molecule has 0 radical (unpaired) electrons. The van der Waals surface area contributed by atoms with Crippen LogP contribution >= 0.6 is 11.3 Å². The number of hydrogen-bond acceptors (Lipinski definition) is 4. The first-order valence-electron chi connectivity index (χ1n) is 8.35. The molecule has 1 N–H and O–H groups in total. The molecule has 5 nitrogen and oxygen atoms in total. The highest BCUT2D eigenvalue weighted by Gasteiger charge is 2.18. The lowest BCUT2D eigenvalue weighted by atomic mass is 9.91. The number of hydrogen-bond donors (Lipinski definition) is 1. The monoisotopic (exact) mass is 367 g/mol. The quantitative estimate of drug-likeness (QED) is 0.766. The van der Waals surface area contributed by atoms with Gasteiger partial charge in [0.25, 0.3) is 5.56 Å². The highest BCUT2D eigenvalue weighted by molar-refractivity contribution is 7.07. The van der Waals surface area contributed by atoms with Gasteiger partial charge in [0.15, 0.2) is 5.78 Å². The zero-order chi connectivity index (χ0) is 18.7. The second kappa shape index (κ2) is 7.25. The molecule has 0 spiro atoms. The van der Waals surface area contributed by atoms with Crippen molar-refractivity contribution in [2.75, 3.05) is 0 Å². The van der Waals surface area contributed by atoms with Crippen LogP contribution in [0.2, 0.25) is 0 Å². The summed E-state index contributed by atoms with van der Waals surface area (Å²) in [6.45, 7) is 6.23. The van der Waals surface area contributed by atoms with Crippen molar-refractivity contribution in [3.8, 4) is 0 Å². The Kier molecular flexibility index (Phi) is 5.04. The van der Waals surface area contributed by atoms with Gasteiger partial charge in [0.2, 0.25) is 0 Å². The van der Waals surface area contributed by atoms with E-state index in [-0.39, 0.29) is 11.3 Å². The van der Waals surface area contributed by atoms with Crippen molar-refractivity contribution in [3.63, 3.8) is 0 Å². The lowest BCUT2D eigenvalue weighted by molar-refractivity contribution is -0.119. The third kappa shape index (κ3) is 4.46. The minimum atomic E-state index is -0.469. The van der Waals surface area contributed by atoms with Gasteiger partial charge < -0.3 is 4.98 Å². The molecule has 0 unspecified atom stereocenters. The van der Waals surface area contributed by atoms with Gasteiger partial charge in [-0.1, -0.05) is 51.1 Å². The molecule has 0 bridgehead atoms. The Morgan fingerprint density at radius 3 is 2.69 bits per heavy atom. The first kappa shape index (κ1) is 18.1. The van der Waals surface area contributed by atoms with E-state index in [0.29, 0.717) is 15.7 Å². The van der Waals surface area contributed by atoms with E-state index in [1.807, 2.05) is 62.0 Å². The maximum atomic E-state index is 12.1. The number of rotatable bonds is 4. The molecule has 0 amide bonds. The summed E-state index contributed by atoms with van der Waals surface area (Å²) in [4.78, 5) is 27.0. The molecule has 0 saturated carbocycles. The average Bonchev–Trinajstić information content (AvgIpc) is 3.15. The molecule has 3 rings (SSSR count). The Morgan fingerprint density at radius 2 is 2.00 bits per heavy atom. The van der Waals surface area contributed by atoms with Crippen molar-refractivity contribution in [1.82, 2.24) is 14.8 Å². The van der Waals surface area contributed by atoms with Gasteiger partial charge in [-0.25, -0.2) is 0 Å². The van der Waals surface area contributed by atoms with Gasteiger partial charge in [-0.2, -0.15) is 5.10 Å². The molecule has 2 heterocycles. The second-order valence-corrected chi connectivity index (χ2v) is 8.23. The van der Waals surface area contributed by atoms with E-state index in [1.165, 1.54) is 17.4 Å². The molecule has 0 atom stereocenters. The number of nitrogens with zero attached hydrogens (tertiary/aromatic N) is 2. The fourth-order valence-corrected chi connectivity index (χ4v) is 3.21. The van der Waals surface area contributed by atoms with Crippen LogP contribution in [0.25, 0.3) is 12.2 Å². The number of Topliss-reactive ketones (excluding diaryl/α,β-unsaturated/α-hetero) is 1. The summed E-state index contributed by atoms with van der Waals surface area (Å²) in [5.41, 5.74) is 1.35. The first-order valence-corrected chi connectivity index (χ1v) is 9.16. The van der Waals surface area contributed by atoms with Gasteiger partial charge in [-0.15, -0.1) is 11.3 Å². The number of benzene rings is 1.